The number of ether oxygens (including phenoxy) is 2. The molecule has 4 nitrogen and oxygen atoms in total. The quantitative estimate of drug-likeness (QED) is 0.465. The van der Waals surface area contributed by atoms with Gasteiger partial charge in [-0.25, -0.2) is 4.79 Å². The Labute approximate surface area is 165 Å². The highest BCUT2D eigenvalue weighted by molar-refractivity contribution is 7.99. The normalized spacial score (nSPS) is 14.9. The topological polar surface area (TPSA) is 47.6 Å². The van der Waals surface area contributed by atoms with Gasteiger partial charge in [0.1, 0.15) is 11.4 Å². The van der Waals surface area contributed by atoms with E-state index in [1.54, 1.807) is 0 Å². The zero-order chi connectivity index (χ0) is 19.4. The van der Waals surface area contributed by atoms with Gasteiger partial charge in [0.05, 0.1) is 12.3 Å². The lowest BCUT2D eigenvalue weighted by atomic mass is 9.94. The lowest BCUT2D eigenvalue weighted by Gasteiger charge is -2.33. The van der Waals surface area contributed by atoms with Crippen molar-refractivity contribution in [2.24, 2.45) is 0 Å². The van der Waals surface area contributed by atoms with Gasteiger partial charge < -0.3 is 9.47 Å². The molecule has 0 fully saturated rings. The first-order chi connectivity index (χ1) is 12.9. The van der Waals surface area contributed by atoms with Gasteiger partial charge in [-0.2, -0.15) is 0 Å². The Morgan fingerprint density at radius 2 is 1.93 bits per heavy atom. The maximum Gasteiger partial charge on any atom is 0.412 e. The molecule has 27 heavy (non-hydrogen) atoms. The molecule has 0 aliphatic carbocycles. The molecule has 3 rings (SSSR count). The highest BCUT2D eigenvalue weighted by Crippen LogP contribution is 2.40. The minimum Gasteiger partial charge on any atom is -0.491 e. The zero-order valence-corrected chi connectivity index (χ0v) is 17.2. The number of thioether (sulfide) groups is 1. The van der Waals surface area contributed by atoms with Crippen molar-refractivity contribution >= 4 is 23.5 Å². The third-order valence-electron chi connectivity index (χ3n) is 4.79. The van der Waals surface area contributed by atoms with Crippen LogP contribution in [0.25, 0.3) is 0 Å². The van der Waals surface area contributed by atoms with Crippen molar-refractivity contribution in [1.82, 2.24) is 0 Å². The number of fused-ring (bicyclic) bond motifs is 1. The molecule has 0 saturated heterocycles. The van der Waals surface area contributed by atoms with Crippen LogP contribution in [0.1, 0.15) is 43.4 Å². The number of hydrogen-bond donors (Lipinski definition) is 1. The first-order valence-electron chi connectivity index (χ1n) is 9.33. The number of carbonyl (C=O) groups is 1. The Hall–Kier alpha value is -2.14. The molecule has 0 atom stereocenters. The minimum atomic E-state index is -0.653. The Bertz CT molecular complexity index is 832. The number of benzene rings is 2. The van der Waals surface area contributed by atoms with Crippen LogP contribution in [0.5, 0.6) is 5.75 Å². The summed E-state index contributed by atoms with van der Waals surface area (Å²) >= 11 is 1.88. The molecule has 0 aromatic heterocycles. The Balaban J connectivity index is 1.49. The van der Waals surface area contributed by atoms with E-state index in [1.807, 2.05) is 43.8 Å². The molecule has 0 bridgehead atoms. The second-order valence-electron chi connectivity index (χ2n) is 7.35. The second kappa shape index (κ2) is 8.26. The molecule has 5 heteroatoms. The summed E-state index contributed by atoms with van der Waals surface area (Å²) in [6, 6.07) is 12.4. The van der Waals surface area contributed by atoms with Gasteiger partial charge in [0.25, 0.3) is 0 Å². The van der Waals surface area contributed by atoms with Crippen molar-refractivity contribution in [3.63, 3.8) is 0 Å². The van der Waals surface area contributed by atoms with Gasteiger partial charge in [0.2, 0.25) is 0 Å². The molecular weight excluding hydrogens is 358 g/mol. The van der Waals surface area contributed by atoms with Gasteiger partial charge in [-0.15, -0.1) is 11.8 Å². The number of hydrogen-bond acceptors (Lipinski definition) is 4. The van der Waals surface area contributed by atoms with E-state index in [4.69, 9.17) is 9.47 Å². The molecule has 2 aromatic rings. The fourth-order valence-corrected chi connectivity index (χ4v) is 4.08. The van der Waals surface area contributed by atoms with Crippen LogP contribution in [-0.2, 0) is 10.3 Å². The van der Waals surface area contributed by atoms with Crippen molar-refractivity contribution < 1.29 is 14.3 Å². The van der Waals surface area contributed by atoms with E-state index in [0.29, 0.717) is 12.4 Å². The molecule has 1 heterocycles. The molecule has 0 saturated carbocycles. The van der Waals surface area contributed by atoms with Crippen LogP contribution in [0.3, 0.4) is 0 Å². The number of rotatable bonds is 7. The minimum absolute atomic E-state index is 0.437. The molecule has 0 spiro atoms. The van der Waals surface area contributed by atoms with Crippen LogP contribution < -0.4 is 10.1 Å². The van der Waals surface area contributed by atoms with Gasteiger partial charge >= 0.3 is 6.09 Å². The summed E-state index contributed by atoms with van der Waals surface area (Å²) in [6.45, 7) is 8.69. The van der Waals surface area contributed by atoms with Gasteiger partial charge in [0.15, 0.2) is 0 Å². The van der Waals surface area contributed by atoms with Gasteiger partial charge in [-0.3, -0.25) is 5.32 Å². The van der Waals surface area contributed by atoms with Crippen LogP contribution in [0.2, 0.25) is 0 Å². The van der Waals surface area contributed by atoms with Crippen LogP contribution in [0, 0.1) is 13.8 Å². The van der Waals surface area contributed by atoms with Crippen LogP contribution in [0.15, 0.2) is 41.3 Å². The van der Waals surface area contributed by atoms with Crippen molar-refractivity contribution in [2.75, 3.05) is 17.7 Å². The van der Waals surface area contributed by atoms with Gasteiger partial charge in [-0.1, -0.05) is 18.2 Å². The average Bonchev–Trinajstić information content (AvgIpc) is 2.60. The summed E-state index contributed by atoms with van der Waals surface area (Å²) < 4.78 is 11.3. The summed E-state index contributed by atoms with van der Waals surface area (Å²) in [5.74, 6) is 1.77. The maximum absolute atomic E-state index is 11.8. The van der Waals surface area contributed by atoms with E-state index in [-0.39, 0.29) is 0 Å². The number of anilines is 1. The standard InChI is InChI=1S/C22H27NO3S/c1-15-10-11-17(14-16(15)2)27-13-6-5-12-25-19-9-7-8-18-20(19)23-21(24)26-22(18,3)4/h7-11,14H,5-6,12-13H2,1-4H3,(H,23,24). The fraction of sp³-hybridized carbons (Fsp3) is 0.409. The van der Waals surface area contributed by atoms with Crippen LogP contribution in [0.4, 0.5) is 10.5 Å². The lowest BCUT2D eigenvalue weighted by molar-refractivity contribution is 0.0416. The predicted molar refractivity (Wildman–Crippen MR) is 111 cm³/mol. The molecule has 0 radical (unpaired) electrons. The molecular formula is C22H27NO3S. The van der Waals surface area contributed by atoms with Crippen molar-refractivity contribution in [2.45, 2.75) is 51.0 Å². The maximum atomic E-state index is 11.8. The monoisotopic (exact) mass is 385 g/mol. The highest BCUT2D eigenvalue weighted by Gasteiger charge is 2.34. The first kappa shape index (κ1) is 19.6. The number of cyclic esters (lactones) is 1. The third-order valence-corrected chi connectivity index (χ3v) is 5.87. The van der Waals surface area contributed by atoms with Crippen molar-refractivity contribution in [3.8, 4) is 5.75 Å². The average molecular weight is 386 g/mol. The number of carbonyl (C=O) groups excluding carboxylic acids is 1. The van der Waals surface area contributed by atoms with E-state index in [0.717, 1.165) is 29.8 Å². The molecule has 1 amide bonds. The van der Waals surface area contributed by atoms with E-state index in [2.05, 4.69) is 37.4 Å². The van der Waals surface area contributed by atoms with E-state index in [1.165, 1.54) is 16.0 Å². The largest absolute Gasteiger partial charge is 0.491 e. The Morgan fingerprint density at radius 3 is 2.70 bits per heavy atom. The van der Waals surface area contributed by atoms with Crippen molar-refractivity contribution in [1.29, 1.82) is 0 Å². The van der Waals surface area contributed by atoms with Gasteiger partial charge in [-0.05, 0) is 75.6 Å². The number of nitrogens with one attached hydrogen (secondary N) is 1. The molecule has 1 aliphatic rings. The van der Waals surface area contributed by atoms with E-state index >= 15 is 0 Å². The van der Waals surface area contributed by atoms with Gasteiger partial charge in [0, 0.05) is 10.5 Å². The Morgan fingerprint density at radius 1 is 1.11 bits per heavy atom. The highest BCUT2D eigenvalue weighted by atomic mass is 32.2. The zero-order valence-electron chi connectivity index (χ0n) is 16.4. The van der Waals surface area contributed by atoms with Crippen LogP contribution in [-0.4, -0.2) is 18.5 Å². The molecule has 0 unspecified atom stereocenters. The molecule has 1 aliphatic heterocycles. The second-order valence-corrected chi connectivity index (χ2v) is 8.52. The third kappa shape index (κ3) is 4.78. The predicted octanol–water partition coefficient (Wildman–Crippen LogP) is 6.05. The summed E-state index contributed by atoms with van der Waals surface area (Å²) in [6.07, 6.45) is 1.61. The summed E-state index contributed by atoms with van der Waals surface area (Å²) in [7, 11) is 0. The SMILES string of the molecule is Cc1ccc(SCCCCOc2cccc3c2NC(=O)OC3(C)C)cc1C. The fourth-order valence-electron chi connectivity index (χ4n) is 3.08. The molecule has 144 valence electrons. The summed E-state index contributed by atoms with van der Waals surface area (Å²) in [4.78, 5) is 13.1. The number of para-hydroxylation sites is 1. The van der Waals surface area contributed by atoms with Crippen LogP contribution >= 0.6 is 11.8 Å². The molecule has 2 aromatic carbocycles. The summed E-state index contributed by atoms with van der Waals surface area (Å²) in [5, 5.41) is 2.78. The molecule has 1 N–H and O–H groups in total. The van der Waals surface area contributed by atoms with E-state index < -0.39 is 11.7 Å². The Kier molecular flexibility index (Phi) is 6.00. The first-order valence-corrected chi connectivity index (χ1v) is 10.3. The lowest BCUT2D eigenvalue weighted by Crippen LogP contribution is -2.34. The number of amides is 1. The summed E-state index contributed by atoms with van der Waals surface area (Å²) in [5.41, 5.74) is 3.68. The number of aryl methyl sites for hydroxylation is 2. The smallest absolute Gasteiger partial charge is 0.412 e. The van der Waals surface area contributed by atoms with E-state index in [9.17, 15) is 4.79 Å². The number of unbranched alkanes of at least 4 members (excludes halogenated alkanes) is 1. The van der Waals surface area contributed by atoms with Crippen molar-refractivity contribution in [3.05, 3.63) is 53.1 Å².